The molecule has 0 saturated heterocycles. The summed E-state index contributed by atoms with van der Waals surface area (Å²) < 4.78 is 16.4. The molecule has 0 fully saturated rings. The third-order valence-electron chi connectivity index (χ3n) is 20.3. The Morgan fingerprint density at radius 3 is 1.48 bits per heavy atom. The lowest BCUT2D eigenvalue weighted by molar-refractivity contribution is -0.140. The first-order valence-corrected chi connectivity index (χ1v) is 40.5. The van der Waals surface area contributed by atoms with Crippen LogP contribution in [0.4, 0.5) is 0 Å². The summed E-state index contributed by atoms with van der Waals surface area (Å²) in [6.45, 7) is 4.63. The van der Waals surface area contributed by atoms with Crippen LogP contribution < -0.4 is 36.6 Å². The van der Waals surface area contributed by atoms with Crippen molar-refractivity contribution < 1.29 is 87.0 Å². The second-order valence-electron chi connectivity index (χ2n) is 28.3. The smallest absolute Gasteiger partial charge is 0.328 e. The number of carbonyl (C=O) groups is 10. The molecule has 7 amide bonds. The molecule has 7 heterocycles. The van der Waals surface area contributed by atoms with E-state index in [0.717, 1.165) is 34.1 Å². The van der Waals surface area contributed by atoms with Crippen molar-refractivity contribution in [2.45, 2.75) is 95.9 Å². The zero-order valence-electron chi connectivity index (χ0n) is 63.7. The van der Waals surface area contributed by atoms with Crippen LogP contribution in [0.15, 0.2) is 153 Å². The molecule has 0 spiro atoms. The van der Waals surface area contributed by atoms with Gasteiger partial charge >= 0.3 is 17.9 Å². The van der Waals surface area contributed by atoms with Gasteiger partial charge in [-0.3, -0.25) is 38.9 Å². The van der Waals surface area contributed by atoms with Gasteiger partial charge in [0, 0.05) is 92.2 Å². The zero-order valence-corrected chi connectivity index (χ0v) is 69.1. The molecular weight excluding hydrogens is 1700 g/mol. The van der Waals surface area contributed by atoms with Crippen LogP contribution in [-0.4, -0.2) is 176 Å². The summed E-state index contributed by atoms with van der Waals surface area (Å²) in [4.78, 5) is 136. The van der Waals surface area contributed by atoms with E-state index in [0.29, 0.717) is 117 Å². The fourth-order valence-corrected chi connectivity index (χ4v) is 16.9. The van der Waals surface area contributed by atoms with Gasteiger partial charge in [0.05, 0.1) is 90.1 Å². The molecule has 0 aliphatic carbocycles. The number of halogens is 6. The number of amides is 7. The normalized spacial score (nSPS) is 14.5. The van der Waals surface area contributed by atoms with Crippen molar-refractivity contribution in [2.75, 3.05) is 45.9 Å². The molecule has 29 nitrogen and oxygen atoms in total. The third-order valence-corrected chi connectivity index (χ3v) is 23.3. The van der Waals surface area contributed by atoms with E-state index in [2.05, 4.69) is 36.9 Å². The number of hydrogen-bond donors (Lipinski definition) is 11. The van der Waals surface area contributed by atoms with E-state index >= 15 is 0 Å². The number of nitriles is 1. The highest BCUT2D eigenvalue weighted by Gasteiger charge is 2.35. The van der Waals surface area contributed by atoms with E-state index in [-0.39, 0.29) is 110 Å². The fourth-order valence-electron chi connectivity index (χ4n) is 13.9. The summed E-state index contributed by atoms with van der Waals surface area (Å²) in [5.41, 5.74) is 9.04. The van der Waals surface area contributed by atoms with Crippen molar-refractivity contribution in [2.24, 2.45) is 4.99 Å². The number of carboxylic acids is 3. The maximum Gasteiger partial charge on any atom is 0.328 e. The number of nitrogens with zero attached hydrogens (tertiary/aromatic N) is 5. The van der Waals surface area contributed by atoms with Gasteiger partial charge < -0.3 is 80.4 Å². The van der Waals surface area contributed by atoms with Crippen LogP contribution in [0, 0.1) is 11.5 Å². The summed E-state index contributed by atoms with van der Waals surface area (Å²) >= 11 is 40.5. The molecule has 5 atom stereocenters. The van der Waals surface area contributed by atoms with Gasteiger partial charge in [0.1, 0.15) is 35.0 Å². The first kappa shape index (κ1) is 87.6. The average Bonchev–Trinajstić information content (AvgIpc) is 0.893. The topological polar surface area (TPSA) is 425 Å². The second-order valence-corrected chi connectivity index (χ2v) is 31.6. The Kier molecular flexibility index (Phi) is 28.4. The molecule has 0 bridgehead atoms. The number of aliphatic imine (C=N–C) groups is 1. The number of guanidine groups is 1. The maximum absolute atomic E-state index is 13.2. The highest BCUT2D eigenvalue weighted by atomic mass is 35.5. The molecule has 7 aromatic carbocycles. The number of ether oxygens (including phenoxy) is 1. The van der Waals surface area contributed by atoms with Crippen molar-refractivity contribution >= 4 is 168 Å². The molecule has 622 valence electrons. The van der Waals surface area contributed by atoms with E-state index in [9.17, 15) is 73.5 Å². The van der Waals surface area contributed by atoms with Crippen LogP contribution in [0.5, 0.6) is 5.75 Å². The van der Waals surface area contributed by atoms with Crippen LogP contribution in [0.3, 0.4) is 0 Å². The zero-order chi connectivity index (χ0) is 85.9. The molecule has 4 aliphatic heterocycles. The molecule has 1 unspecified atom stereocenters. The third kappa shape index (κ3) is 20.4. The Labute approximate surface area is 718 Å². The maximum atomic E-state index is 13.2. The minimum absolute atomic E-state index is 0.00266. The number of fused-ring (bicyclic) bond motifs is 6. The predicted octanol–water partition coefficient (Wildman–Crippen LogP) is 11.7. The van der Waals surface area contributed by atoms with Crippen molar-refractivity contribution in [1.29, 1.82) is 5.26 Å². The number of benzene rings is 7. The number of rotatable bonds is 22. The number of aliphatic carboxylic acids is 3. The van der Waals surface area contributed by atoms with Crippen molar-refractivity contribution in [3.05, 3.63) is 258 Å². The molecule has 10 aromatic rings. The van der Waals surface area contributed by atoms with Gasteiger partial charge in [0.25, 0.3) is 41.4 Å². The van der Waals surface area contributed by atoms with Gasteiger partial charge in [-0.25, -0.2) is 19.4 Å². The quantitative estimate of drug-likeness (QED) is 0.0130. The molecule has 0 saturated carbocycles. The first-order chi connectivity index (χ1) is 57.5. The summed E-state index contributed by atoms with van der Waals surface area (Å²) in [7, 11) is 0. The van der Waals surface area contributed by atoms with Crippen LogP contribution in [0.1, 0.15) is 142 Å². The Morgan fingerprint density at radius 1 is 0.542 bits per heavy atom. The minimum atomic E-state index is -1.48. The molecule has 36 heteroatoms. The van der Waals surface area contributed by atoms with Gasteiger partial charge in [-0.05, 0) is 161 Å². The Hall–Kier alpha value is -11.8. The number of nitrogens with one attached hydrogen (secondary N) is 6. The van der Waals surface area contributed by atoms with Gasteiger partial charge in [-0.2, -0.15) is 5.26 Å². The average molecular weight is 1770 g/mol. The second kappa shape index (κ2) is 39.0. The monoisotopic (exact) mass is 1770 g/mol. The van der Waals surface area contributed by atoms with E-state index in [1.54, 1.807) is 144 Å². The highest BCUT2D eigenvalue weighted by molar-refractivity contribution is 7.12. The van der Waals surface area contributed by atoms with Crippen molar-refractivity contribution in [3.63, 3.8) is 0 Å². The van der Waals surface area contributed by atoms with E-state index < -0.39 is 78.4 Å². The van der Waals surface area contributed by atoms with Crippen LogP contribution >= 0.6 is 80.9 Å². The van der Waals surface area contributed by atoms with Gasteiger partial charge in [0.15, 0.2) is 6.19 Å². The van der Waals surface area contributed by atoms with E-state index in [1.165, 1.54) is 11.3 Å². The standard InChI is InChI=1S/C30H26Cl2N2O6.C27H26Cl2N6O6.C27H23Cl2N3O6S/c1-16(35)19-4-2-3-17(11-19)12-24(30(38)39)33-28(36)26-23(31)13-21-15-34(9-7-22(21)27(26)32)29(37)20-6-5-18-8-10-40-25(18)14-20;1-14(12-36)33-27(32-13-30)31-10-20(26(39)40)34-24(37)22-19(28)8-17-11-35(6-4-18(17)23(22)29)25(38)16-3-2-15-5-7-41-21(15)9-16;28-18-10-16-13-32(26(35)15-4-3-14-6-8-38-20(14)11-15)7-5-17(16)23(29)22(18)25(34)31-19(27(36)37)12-30-24(33)21-2-1-9-39-21/h2-6,8,10-11,13-14,16,24,35H,7,9,12,15H2,1H3,(H,33,36)(H,38,39);2-3,5,7-9,14,20,36H,4,6,10-12H2,1H3,(H,34,37)(H,39,40)(H2,31,32,33);1-4,9-11,19H,5-8,12-13H2,(H,30,33)(H,31,34)(H,36,37)/t16?,24-;14-,20-;19-/m000/s1. The van der Waals surface area contributed by atoms with Gasteiger partial charge in [0.2, 0.25) is 5.96 Å². The molecule has 11 N–H and O–H groups in total. The van der Waals surface area contributed by atoms with Crippen molar-refractivity contribution in [3.8, 4) is 11.9 Å². The molecular formula is C84H75Cl6N11O18S. The lowest BCUT2D eigenvalue weighted by Gasteiger charge is -2.30. The Bertz CT molecular complexity index is 5770. The molecule has 4 aliphatic rings. The molecule has 3 aromatic heterocycles. The lowest BCUT2D eigenvalue weighted by Crippen LogP contribution is -2.48. The minimum Gasteiger partial charge on any atom is -0.493 e. The fraction of sp³-hybridized carbons (Fsp3) is 0.262. The number of aliphatic hydroxyl groups is 2. The van der Waals surface area contributed by atoms with Gasteiger partial charge in [-0.1, -0.05) is 118 Å². The van der Waals surface area contributed by atoms with Gasteiger partial charge in [-0.15, -0.1) is 11.3 Å². The molecule has 0 radical (unpaired) electrons. The van der Waals surface area contributed by atoms with Crippen molar-refractivity contribution in [1.82, 2.24) is 46.6 Å². The van der Waals surface area contributed by atoms with E-state index in [1.807, 2.05) is 30.3 Å². The summed E-state index contributed by atoms with van der Waals surface area (Å²) in [6.07, 6.45) is 6.04. The van der Waals surface area contributed by atoms with Crippen LogP contribution in [-0.2, 0) is 66.1 Å². The summed E-state index contributed by atoms with van der Waals surface area (Å²) in [6, 6.07) is 29.9. The van der Waals surface area contributed by atoms with E-state index in [4.69, 9.17) is 88.4 Å². The Balaban J connectivity index is 0.000000165. The highest BCUT2D eigenvalue weighted by Crippen LogP contribution is 2.40. The predicted molar refractivity (Wildman–Crippen MR) is 448 cm³/mol. The number of carboxylic acid groups (broad SMARTS) is 3. The summed E-state index contributed by atoms with van der Waals surface area (Å²) in [5.74, 6) is -6.51. The summed E-state index contributed by atoms with van der Waals surface area (Å²) in [5, 5.41) is 75.7. The SMILES string of the molecule is CC(O)c1cccc(C[C@H](NC(=O)c2c(Cl)cc3c(c2Cl)CCN(C(=O)c2ccc4ccoc4c2)C3)C(=O)O)c1.C[C@@H](CO)NC(=NC[C@H](NC(=O)c1c(Cl)cc2c(c1Cl)CCN(C(=O)c1ccc3ccoc3c1)C2)C(=O)O)NC#N.O=C(NC[C@H](NC(=O)c1c(Cl)cc2c(c1Cl)CCN(C(=O)c1ccc3c(c1)OCC3)C2)C(=O)O)c1cccs1. The molecule has 14 rings (SSSR count). The van der Waals surface area contributed by atoms with Crippen LogP contribution in [0.2, 0.25) is 30.1 Å². The number of carbonyl (C=O) groups excluding carboxylic acids is 7. The largest absolute Gasteiger partial charge is 0.493 e. The number of furan rings is 2. The number of hydrogen-bond acceptors (Lipinski definition) is 18. The number of thiophene rings is 1. The van der Waals surface area contributed by atoms with Crippen LogP contribution in [0.25, 0.3) is 21.9 Å². The number of aliphatic hydroxyl groups excluding tert-OH is 2. The molecule has 120 heavy (non-hydrogen) atoms. The Morgan fingerprint density at radius 2 is 1.02 bits per heavy atom. The first-order valence-electron chi connectivity index (χ1n) is 37.3. The lowest BCUT2D eigenvalue weighted by atomic mass is 9.95.